The van der Waals surface area contributed by atoms with Crippen molar-refractivity contribution in [3.05, 3.63) is 39.4 Å². The number of aromatic hydroxyl groups is 1. The fraction of sp³-hybridized carbons (Fsp3) is 0.375. The van der Waals surface area contributed by atoms with Crippen LogP contribution >= 0.6 is 0 Å². The van der Waals surface area contributed by atoms with Gasteiger partial charge in [-0.05, 0) is 30.5 Å². The Morgan fingerprint density at radius 1 is 1.21 bits per heavy atom. The van der Waals surface area contributed by atoms with E-state index in [1.807, 2.05) is 6.92 Å². The van der Waals surface area contributed by atoms with Gasteiger partial charge in [-0.25, -0.2) is 9.59 Å². The standard InChI is InChI=1S/C16H19NO7/c1-3-7-23-14(18)6-5-11-9-12(16(20)24-8-4-2)15(19)13(10-11)17(21)22/h5-6,9-10,19H,3-4,7-8H2,1-2H3. The van der Waals surface area contributed by atoms with E-state index < -0.39 is 28.3 Å². The number of hydrogen-bond donors (Lipinski definition) is 1. The Balaban J connectivity index is 3.15. The Morgan fingerprint density at radius 3 is 2.42 bits per heavy atom. The molecular weight excluding hydrogens is 318 g/mol. The first-order valence-corrected chi connectivity index (χ1v) is 7.44. The molecule has 1 rings (SSSR count). The number of phenolic OH excluding ortho intramolecular Hbond substituents is 1. The van der Waals surface area contributed by atoms with Crippen molar-refractivity contribution in [2.45, 2.75) is 26.7 Å². The largest absolute Gasteiger partial charge is 0.501 e. The van der Waals surface area contributed by atoms with E-state index in [-0.39, 0.29) is 24.3 Å². The van der Waals surface area contributed by atoms with Crippen molar-refractivity contribution < 1.29 is 29.1 Å². The molecule has 8 heteroatoms. The van der Waals surface area contributed by atoms with Crippen molar-refractivity contribution in [2.24, 2.45) is 0 Å². The average Bonchev–Trinajstić information content (AvgIpc) is 2.56. The smallest absolute Gasteiger partial charge is 0.342 e. The third-order valence-corrected chi connectivity index (χ3v) is 2.83. The van der Waals surface area contributed by atoms with Crippen LogP contribution in [-0.2, 0) is 14.3 Å². The molecule has 0 aliphatic heterocycles. The predicted molar refractivity (Wildman–Crippen MR) is 85.6 cm³/mol. The van der Waals surface area contributed by atoms with Crippen molar-refractivity contribution in [2.75, 3.05) is 13.2 Å². The summed E-state index contributed by atoms with van der Waals surface area (Å²) in [6, 6.07) is 2.26. The van der Waals surface area contributed by atoms with Gasteiger partial charge in [-0.3, -0.25) is 10.1 Å². The summed E-state index contributed by atoms with van der Waals surface area (Å²) in [4.78, 5) is 33.5. The molecule has 0 saturated heterocycles. The summed E-state index contributed by atoms with van der Waals surface area (Å²) in [5, 5.41) is 20.9. The third-order valence-electron chi connectivity index (χ3n) is 2.83. The van der Waals surface area contributed by atoms with E-state index in [0.717, 1.165) is 12.1 Å². The number of phenols is 1. The molecule has 0 saturated carbocycles. The molecule has 1 aromatic rings. The molecule has 0 aromatic heterocycles. The SMILES string of the molecule is CCCOC(=O)C=Cc1cc(C(=O)OCCC)c(O)c([N+](=O)[O-])c1. The lowest BCUT2D eigenvalue weighted by Gasteiger charge is -2.07. The summed E-state index contributed by atoms with van der Waals surface area (Å²) in [5.74, 6) is -2.25. The second-order valence-electron chi connectivity index (χ2n) is 4.83. The van der Waals surface area contributed by atoms with Crippen molar-refractivity contribution in [1.82, 2.24) is 0 Å². The zero-order chi connectivity index (χ0) is 18.1. The number of benzene rings is 1. The summed E-state index contributed by atoms with van der Waals surface area (Å²) in [6.45, 7) is 4.01. The van der Waals surface area contributed by atoms with E-state index in [9.17, 15) is 24.8 Å². The van der Waals surface area contributed by atoms with Crippen molar-refractivity contribution in [3.63, 3.8) is 0 Å². The van der Waals surface area contributed by atoms with Gasteiger partial charge in [0, 0.05) is 12.1 Å². The van der Waals surface area contributed by atoms with E-state index in [1.165, 1.54) is 12.1 Å². The normalized spacial score (nSPS) is 10.6. The first kappa shape index (κ1) is 19.1. The van der Waals surface area contributed by atoms with Gasteiger partial charge in [0.2, 0.25) is 5.75 Å². The highest BCUT2D eigenvalue weighted by molar-refractivity contribution is 5.95. The Morgan fingerprint density at radius 2 is 1.83 bits per heavy atom. The molecule has 8 nitrogen and oxygen atoms in total. The fourth-order valence-corrected chi connectivity index (χ4v) is 1.72. The number of ether oxygens (including phenoxy) is 2. The van der Waals surface area contributed by atoms with Crippen LogP contribution in [0.2, 0.25) is 0 Å². The fourth-order valence-electron chi connectivity index (χ4n) is 1.72. The Bertz CT molecular complexity index is 652. The maximum absolute atomic E-state index is 11.9. The first-order chi connectivity index (χ1) is 11.4. The summed E-state index contributed by atoms with van der Waals surface area (Å²) in [5.41, 5.74) is -0.793. The highest BCUT2D eigenvalue weighted by Crippen LogP contribution is 2.32. The molecule has 0 aliphatic rings. The van der Waals surface area contributed by atoms with Gasteiger partial charge in [-0.2, -0.15) is 0 Å². The lowest BCUT2D eigenvalue weighted by atomic mass is 10.1. The van der Waals surface area contributed by atoms with Crippen LogP contribution < -0.4 is 0 Å². The van der Waals surface area contributed by atoms with Crippen LogP contribution in [0, 0.1) is 10.1 Å². The minimum absolute atomic E-state index is 0.121. The number of nitrogens with zero attached hydrogens (tertiary/aromatic N) is 1. The highest BCUT2D eigenvalue weighted by Gasteiger charge is 2.23. The van der Waals surface area contributed by atoms with Crippen molar-refractivity contribution in [1.29, 1.82) is 0 Å². The molecule has 1 N–H and O–H groups in total. The van der Waals surface area contributed by atoms with Gasteiger partial charge in [0.1, 0.15) is 5.56 Å². The molecule has 0 heterocycles. The van der Waals surface area contributed by atoms with Crippen LogP contribution in [0.5, 0.6) is 5.75 Å². The quantitative estimate of drug-likeness (QED) is 0.335. The number of nitro groups is 1. The number of esters is 2. The lowest BCUT2D eigenvalue weighted by molar-refractivity contribution is -0.385. The Labute approximate surface area is 138 Å². The summed E-state index contributed by atoms with van der Waals surface area (Å²) < 4.78 is 9.73. The third kappa shape index (κ3) is 5.38. The van der Waals surface area contributed by atoms with E-state index in [4.69, 9.17) is 9.47 Å². The lowest BCUT2D eigenvalue weighted by Crippen LogP contribution is -2.07. The van der Waals surface area contributed by atoms with E-state index in [0.29, 0.717) is 12.8 Å². The Hall–Kier alpha value is -2.90. The van der Waals surface area contributed by atoms with Gasteiger partial charge in [-0.15, -0.1) is 0 Å². The van der Waals surface area contributed by atoms with E-state index in [1.54, 1.807) is 6.92 Å². The molecule has 0 fully saturated rings. The molecule has 0 unspecified atom stereocenters. The maximum atomic E-state index is 11.9. The van der Waals surface area contributed by atoms with Crippen LogP contribution in [0.1, 0.15) is 42.6 Å². The number of rotatable bonds is 8. The van der Waals surface area contributed by atoms with Crippen LogP contribution in [0.3, 0.4) is 0 Å². The van der Waals surface area contributed by atoms with Crippen molar-refractivity contribution in [3.8, 4) is 5.75 Å². The van der Waals surface area contributed by atoms with Crippen LogP contribution in [0.25, 0.3) is 6.08 Å². The molecule has 24 heavy (non-hydrogen) atoms. The maximum Gasteiger partial charge on any atom is 0.342 e. The van der Waals surface area contributed by atoms with Crippen molar-refractivity contribution >= 4 is 23.7 Å². The molecule has 0 spiro atoms. The molecule has 0 amide bonds. The molecule has 0 aliphatic carbocycles. The number of hydrogen-bond acceptors (Lipinski definition) is 7. The van der Waals surface area contributed by atoms with Gasteiger partial charge >= 0.3 is 17.6 Å². The Kier molecular flexibility index (Phi) is 7.41. The van der Waals surface area contributed by atoms with Crippen LogP contribution in [0.15, 0.2) is 18.2 Å². The zero-order valence-corrected chi connectivity index (χ0v) is 13.5. The minimum atomic E-state index is -0.874. The number of carbonyl (C=O) groups excluding carboxylic acids is 2. The van der Waals surface area contributed by atoms with Crippen LogP contribution in [0.4, 0.5) is 5.69 Å². The van der Waals surface area contributed by atoms with Gasteiger partial charge < -0.3 is 14.6 Å². The van der Waals surface area contributed by atoms with E-state index >= 15 is 0 Å². The molecule has 0 radical (unpaired) electrons. The number of carbonyl (C=O) groups is 2. The molecule has 0 atom stereocenters. The molecule has 130 valence electrons. The number of nitro benzene ring substituents is 1. The molecular formula is C16H19NO7. The summed E-state index contributed by atoms with van der Waals surface area (Å²) >= 11 is 0. The zero-order valence-electron chi connectivity index (χ0n) is 13.5. The molecule has 1 aromatic carbocycles. The van der Waals surface area contributed by atoms with Gasteiger partial charge in [0.05, 0.1) is 18.1 Å². The van der Waals surface area contributed by atoms with Gasteiger partial charge in [0.15, 0.2) is 0 Å². The minimum Gasteiger partial charge on any atom is -0.501 e. The second kappa shape index (κ2) is 9.29. The van der Waals surface area contributed by atoms with Gasteiger partial charge in [-0.1, -0.05) is 13.8 Å². The molecule has 0 bridgehead atoms. The summed E-state index contributed by atoms with van der Waals surface area (Å²) in [6.07, 6.45) is 3.59. The monoisotopic (exact) mass is 337 g/mol. The first-order valence-electron chi connectivity index (χ1n) is 7.44. The van der Waals surface area contributed by atoms with E-state index in [2.05, 4.69) is 0 Å². The van der Waals surface area contributed by atoms with Gasteiger partial charge in [0.25, 0.3) is 0 Å². The highest BCUT2D eigenvalue weighted by atomic mass is 16.6. The predicted octanol–water partition coefficient (Wildman–Crippen LogP) is 2.83. The average molecular weight is 337 g/mol. The topological polar surface area (TPSA) is 116 Å². The summed E-state index contributed by atoms with van der Waals surface area (Å²) in [7, 11) is 0. The second-order valence-corrected chi connectivity index (χ2v) is 4.83. The van der Waals surface area contributed by atoms with Crippen LogP contribution in [-0.4, -0.2) is 35.2 Å².